The molecule has 1 heterocycles. The van der Waals surface area contributed by atoms with Gasteiger partial charge in [-0.05, 0) is 55.1 Å². The highest BCUT2D eigenvalue weighted by atomic mass is 79.9. The Balaban J connectivity index is 2.14. The van der Waals surface area contributed by atoms with E-state index in [4.69, 9.17) is 5.73 Å². The van der Waals surface area contributed by atoms with Gasteiger partial charge in [-0.25, -0.2) is 0 Å². The van der Waals surface area contributed by atoms with E-state index >= 15 is 0 Å². The van der Waals surface area contributed by atoms with Gasteiger partial charge in [0.05, 0.1) is 15.9 Å². The van der Waals surface area contributed by atoms with Crippen LogP contribution in [0.3, 0.4) is 0 Å². The lowest BCUT2D eigenvalue weighted by molar-refractivity contribution is 0.209. The predicted molar refractivity (Wildman–Crippen MR) is 82.0 cm³/mol. The molecule has 1 aromatic rings. The van der Waals surface area contributed by atoms with E-state index in [0.29, 0.717) is 6.04 Å². The molecule has 0 amide bonds. The summed E-state index contributed by atoms with van der Waals surface area (Å²) < 4.78 is 3.29. The molecule has 108 valence electrons. The number of aromatic nitrogens is 2. The minimum absolute atomic E-state index is 0.511. The molecule has 5 heteroatoms. The number of halogens is 1. The Morgan fingerprint density at radius 3 is 2.63 bits per heavy atom. The molecule has 0 aliphatic heterocycles. The molecule has 1 fully saturated rings. The van der Waals surface area contributed by atoms with Crippen molar-refractivity contribution in [3.8, 4) is 0 Å². The Bertz CT molecular complexity index is 425. The zero-order valence-corrected chi connectivity index (χ0v) is 13.8. The lowest BCUT2D eigenvalue weighted by Crippen LogP contribution is -2.39. The van der Waals surface area contributed by atoms with Crippen LogP contribution in [0.15, 0.2) is 4.47 Å². The molecule has 4 nitrogen and oxygen atoms in total. The fourth-order valence-corrected chi connectivity index (χ4v) is 3.42. The smallest absolute Gasteiger partial charge is 0.0767 e. The second-order valence-corrected chi connectivity index (χ2v) is 6.23. The van der Waals surface area contributed by atoms with Crippen molar-refractivity contribution in [3.05, 3.63) is 15.9 Å². The Morgan fingerprint density at radius 2 is 2.16 bits per heavy atom. The molecule has 19 heavy (non-hydrogen) atoms. The van der Waals surface area contributed by atoms with Crippen molar-refractivity contribution in [2.75, 3.05) is 13.6 Å². The van der Waals surface area contributed by atoms with Gasteiger partial charge < -0.3 is 5.73 Å². The molecule has 1 aliphatic rings. The standard InChI is InChI=1S/C14H25BrN4/c1-4-11-14(15)13(19(5-2)17-11)9-18(3)12(8-16)10-6-7-10/h10,12H,4-9,16H2,1-3H3. The van der Waals surface area contributed by atoms with Gasteiger partial charge >= 0.3 is 0 Å². The second-order valence-electron chi connectivity index (χ2n) is 5.43. The largest absolute Gasteiger partial charge is 0.329 e. The first-order valence-electron chi connectivity index (χ1n) is 7.26. The van der Waals surface area contributed by atoms with Crippen molar-refractivity contribution >= 4 is 15.9 Å². The summed E-state index contributed by atoms with van der Waals surface area (Å²) in [4.78, 5) is 2.39. The molecular formula is C14H25BrN4. The van der Waals surface area contributed by atoms with Crippen molar-refractivity contribution in [2.24, 2.45) is 11.7 Å². The van der Waals surface area contributed by atoms with E-state index in [2.05, 4.69) is 51.5 Å². The van der Waals surface area contributed by atoms with Crippen LogP contribution < -0.4 is 5.73 Å². The monoisotopic (exact) mass is 328 g/mol. The second kappa shape index (κ2) is 6.37. The van der Waals surface area contributed by atoms with Gasteiger partial charge in [-0.1, -0.05) is 6.92 Å². The molecule has 1 unspecified atom stereocenters. The average molecular weight is 329 g/mol. The third-order valence-electron chi connectivity index (χ3n) is 4.07. The summed E-state index contributed by atoms with van der Waals surface area (Å²) in [5.41, 5.74) is 8.36. The molecule has 1 atom stereocenters. The minimum Gasteiger partial charge on any atom is -0.329 e. The molecular weight excluding hydrogens is 304 g/mol. The molecule has 1 aliphatic carbocycles. The number of nitrogens with zero attached hydrogens (tertiary/aromatic N) is 3. The zero-order chi connectivity index (χ0) is 14.0. The normalized spacial score (nSPS) is 17.2. The molecule has 2 rings (SSSR count). The fourth-order valence-electron chi connectivity index (χ4n) is 2.74. The summed E-state index contributed by atoms with van der Waals surface area (Å²) >= 11 is 3.71. The van der Waals surface area contributed by atoms with Crippen LogP contribution in [0.25, 0.3) is 0 Å². The van der Waals surface area contributed by atoms with Gasteiger partial charge in [0.1, 0.15) is 0 Å². The van der Waals surface area contributed by atoms with Crippen molar-refractivity contribution < 1.29 is 0 Å². The first kappa shape index (κ1) is 15.0. The molecule has 1 saturated carbocycles. The van der Waals surface area contributed by atoms with E-state index < -0.39 is 0 Å². The van der Waals surface area contributed by atoms with Crippen molar-refractivity contribution in [3.63, 3.8) is 0 Å². The van der Waals surface area contributed by atoms with Crippen molar-refractivity contribution in [2.45, 2.75) is 52.2 Å². The zero-order valence-electron chi connectivity index (χ0n) is 12.2. The highest BCUT2D eigenvalue weighted by molar-refractivity contribution is 9.10. The Kier molecular flexibility index (Phi) is 5.03. The summed E-state index contributed by atoms with van der Waals surface area (Å²) in [6, 6.07) is 0.511. The van der Waals surface area contributed by atoms with Crippen molar-refractivity contribution in [1.82, 2.24) is 14.7 Å². The number of likely N-dealkylation sites (N-methyl/N-ethyl adjacent to an activating group) is 1. The van der Waals surface area contributed by atoms with E-state index in [1.807, 2.05) is 0 Å². The highest BCUT2D eigenvalue weighted by Gasteiger charge is 2.33. The highest BCUT2D eigenvalue weighted by Crippen LogP contribution is 2.35. The van der Waals surface area contributed by atoms with E-state index in [1.54, 1.807) is 0 Å². The molecule has 0 radical (unpaired) electrons. The summed E-state index contributed by atoms with van der Waals surface area (Å²) in [7, 11) is 2.18. The van der Waals surface area contributed by atoms with Gasteiger partial charge in [0.2, 0.25) is 0 Å². The van der Waals surface area contributed by atoms with Crippen LogP contribution >= 0.6 is 15.9 Å². The SMILES string of the molecule is CCc1nn(CC)c(CN(C)C(CN)C2CC2)c1Br. The lowest BCUT2D eigenvalue weighted by Gasteiger charge is -2.27. The van der Waals surface area contributed by atoms with Crippen LogP contribution in [0.2, 0.25) is 0 Å². The van der Waals surface area contributed by atoms with Crippen LogP contribution in [-0.2, 0) is 19.5 Å². The van der Waals surface area contributed by atoms with Crippen LogP contribution in [0, 0.1) is 5.92 Å². The van der Waals surface area contributed by atoms with Crippen LogP contribution in [0.5, 0.6) is 0 Å². The Labute approximate surface area is 124 Å². The lowest BCUT2D eigenvalue weighted by atomic mass is 10.1. The van der Waals surface area contributed by atoms with E-state index in [9.17, 15) is 0 Å². The molecule has 1 aromatic heterocycles. The van der Waals surface area contributed by atoms with Gasteiger partial charge in [-0.3, -0.25) is 9.58 Å². The quantitative estimate of drug-likeness (QED) is 0.836. The molecule has 0 aromatic carbocycles. The average Bonchev–Trinajstić information content (AvgIpc) is 3.18. The molecule has 0 spiro atoms. The molecule has 0 bridgehead atoms. The van der Waals surface area contributed by atoms with E-state index in [-0.39, 0.29) is 0 Å². The predicted octanol–water partition coefficient (Wildman–Crippen LogP) is 2.40. The van der Waals surface area contributed by atoms with Crippen LogP contribution in [0.4, 0.5) is 0 Å². The van der Waals surface area contributed by atoms with Gasteiger partial charge in [-0.2, -0.15) is 5.10 Å². The maximum Gasteiger partial charge on any atom is 0.0767 e. The van der Waals surface area contributed by atoms with Gasteiger partial charge in [0, 0.05) is 25.7 Å². The number of aryl methyl sites for hydroxylation is 2. The van der Waals surface area contributed by atoms with E-state index in [1.165, 1.54) is 23.0 Å². The Morgan fingerprint density at radius 1 is 1.47 bits per heavy atom. The summed E-state index contributed by atoms with van der Waals surface area (Å²) in [5, 5.41) is 4.66. The van der Waals surface area contributed by atoms with E-state index in [0.717, 1.165) is 37.7 Å². The first-order valence-corrected chi connectivity index (χ1v) is 8.05. The minimum atomic E-state index is 0.511. The van der Waals surface area contributed by atoms with Gasteiger partial charge in [-0.15, -0.1) is 0 Å². The van der Waals surface area contributed by atoms with Crippen LogP contribution in [0.1, 0.15) is 38.1 Å². The molecule has 2 N–H and O–H groups in total. The number of hydrogen-bond acceptors (Lipinski definition) is 3. The van der Waals surface area contributed by atoms with Gasteiger partial charge in [0.15, 0.2) is 0 Å². The summed E-state index contributed by atoms with van der Waals surface area (Å²) in [6.45, 7) is 6.87. The maximum absolute atomic E-state index is 5.93. The van der Waals surface area contributed by atoms with Gasteiger partial charge in [0.25, 0.3) is 0 Å². The maximum atomic E-state index is 5.93. The van der Waals surface area contributed by atoms with Crippen LogP contribution in [-0.4, -0.2) is 34.3 Å². The molecule has 0 saturated heterocycles. The third kappa shape index (κ3) is 3.20. The summed E-state index contributed by atoms with van der Waals surface area (Å²) in [6.07, 6.45) is 3.63. The topological polar surface area (TPSA) is 47.1 Å². The Hall–Kier alpha value is -0.390. The number of hydrogen-bond donors (Lipinski definition) is 1. The third-order valence-corrected chi connectivity index (χ3v) is 4.98. The number of rotatable bonds is 7. The fraction of sp³-hybridized carbons (Fsp3) is 0.786. The number of nitrogens with two attached hydrogens (primary N) is 1. The first-order chi connectivity index (χ1) is 9.12. The van der Waals surface area contributed by atoms with Crippen molar-refractivity contribution in [1.29, 1.82) is 0 Å². The summed E-state index contributed by atoms with van der Waals surface area (Å²) in [5.74, 6) is 0.803.